The number of hydrogen-bond acceptors (Lipinski definition) is 2. The van der Waals surface area contributed by atoms with Crippen molar-refractivity contribution in [1.82, 2.24) is 4.98 Å². The molecule has 0 spiro atoms. The average Bonchev–Trinajstić information content (AvgIpc) is 2.92. The Morgan fingerprint density at radius 1 is 1.08 bits per heavy atom. The highest BCUT2D eigenvalue weighted by Gasteiger charge is 2.31. The summed E-state index contributed by atoms with van der Waals surface area (Å²) in [5, 5.41) is 0.735. The van der Waals surface area contributed by atoms with E-state index < -0.39 is 6.36 Å². The van der Waals surface area contributed by atoms with E-state index in [4.69, 9.17) is 5.73 Å². The third-order valence-corrected chi connectivity index (χ3v) is 4.60. The van der Waals surface area contributed by atoms with Crippen molar-refractivity contribution in [2.75, 3.05) is 6.54 Å². The summed E-state index contributed by atoms with van der Waals surface area (Å²) in [5.41, 5.74) is 9.21. The second-order valence-corrected chi connectivity index (χ2v) is 6.91. The van der Waals surface area contributed by atoms with Crippen molar-refractivity contribution < 1.29 is 17.9 Å². The molecule has 0 atom stereocenters. The van der Waals surface area contributed by atoms with Crippen LogP contribution >= 0.6 is 15.9 Å². The summed E-state index contributed by atoms with van der Waals surface area (Å²) >= 11 is 3.46. The second-order valence-electron chi connectivity index (χ2n) is 5.99. The Hall–Kier alpha value is -1.99. The van der Waals surface area contributed by atoms with E-state index in [1.165, 1.54) is 12.1 Å². The fraction of sp³-hybridized carbons (Fsp3) is 0.263. The Bertz CT molecular complexity index is 905. The number of hydrogen-bond donors (Lipinski definition) is 2. The normalized spacial score (nSPS) is 11.9. The van der Waals surface area contributed by atoms with E-state index in [2.05, 4.69) is 25.7 Å². The number of halogens is 4. The molecule has 138 valence electrons. The number of H-pyrrole nitrogens is 1. The Labute approximate surface area is 157 Å². The van der Waals surface area contributed by atoms with Crippen molar-refractivity contribution in [2.45, 2.75) is 25.6 Å². The van der Waals surface area contributed by atoms with Gasteiger partial charge in [0.1, 0.15) is 5.75 Å². The number of aryl methyl sites for hydroxylation is 1. The minimum atomic E-state index is -4.71. The molecule has 0 saturated heterocycles. The maximum Gasteiger partial charge on any atom is 0.573 e. The van der Waals surface area contributed by atoms with Gasteiger partial charge in [-0.25, -0.2) is 0 Å². The zero-order valence-electron chi connectivity index (χ0n) is 13.9. The minimum absolute atomic E-state index is 0.218. The van der Waals surface area contributed by atoms with E-state index in [-0.39, 0.29) is 5.75 Å². The van der Waals surface area contributed by atoms with Crippen molar-refractivity contribution in [3.63, 3.8) is 0 Å². The summed E-state index contributed by atoms with van der Waals surface area (Å²) in [6.07, 6.45) is -2.29. The van der Waals surface area contributed by atoms with Gasteiger partial charge in [-0.15, -0.1) is 13.2 Å². The number of unbranched alkanes of at least 4 members (excludes halogenated alkanes) is 1. The molecule has 3 aromatic rings. The molecule has 0 fully saturated rings. The lowest BCUT2D eigenvalue weighted by molar-refractivity contribution is -0.274. The molecule has 0 radical (unpaired) electrons. The van der Waals surface area contributed by atoms with E-state index in [9.17, 15) is 13.2 Å². The number of aromatic nitrogens is 1. The first-order chi connectivity index (χ1) is 12.4. The summed E-state index contributed by atoms with van der Waals surface area (Å²) < 4.78 is 42.7. The van der Waals surface area contributed by atoms with Crippen LogP contribution < -0.4 is 10.5 Å². The molecule has 0 unspecified atom stereocenters. The van der Waals surface area contributed by atoms with Crippen molar-refractivity contribution in [3.05, 3.63) is 52.5 Å². The van der Waals surface area contributed by atoms with Gasteiger partial charge in [-0.05, 0) is 67.3 Å². The maximum absolute atomic E-state index is 12.6. The van der Waals surface area contributed by atoms with Crippen molar-refractivity contribution in [2.24, 2.45) is 5.73 Å². The van der Waals surface area contributed by atoms with Crippen LogP contribution in [0.1, 0.15) is 18.4 Å². The fourth-order valence-corrected chi connectivity index (χ4v) is 3.42. The SMILES string of the molecule is NCCCCc1c(-c2cccc(Br)c2)[nH]c2ccc(OC(F)(F)F)cc12. The molecule has 7 heteroatoms. The molecule has 0 aliphatic heterocycles. The minimum Gasteiger partial charge on any atom is -0.406 e. The lowest BCUT2D eigenvalue weighted by atomic mass is 10.0. The van der Waals surface area contributed by atoms with Gasteiger partial charge in [0.25, 0.3) is 0 Å². The van der Waals surface area contributed by atoms with Gasteiger partial charge >= 0.3 is 6.36 Å². The molecule has 0 amide bonds. The van der Waals surface area contributed by atoms with Gasteiger partial charge in [-0.3, -0.25) is 0 Å². The molecule has 3 rings (SSSR count). The average molecular weight is 427 g/mol. The number of alkyl halides is 3. The third kappa shape index (κ3) is 4.40. The third-order valence-electron chi connectivity index (χ3n) is 4.11. The summed E-state index contributed by atoms with van der Waals surface area (Å²) in [4.78, 5) is 3.34. The van der Waals surface area contributed by atoms with E-state index in [0.29, 0.717) is 13.0 Å². The summed E-state index contributed by atoms with van der Waals surface area (Å²) in [7, 11) is 0. The van der Waals surface area contributed by atoms with Gasteiger partial charge in [-0.2, -0.15) is 0 Å². The monoisotopic (exact) mass is 426 g/mol. The molecule has 3 nitrogen and oxygen atoms in total. The highest BCUT2D eigenvalue weighted by Crippen LogP contribution is 2.35. The van der Waals surface area contributed by atoms with Crippen molar-refractivity contribution in [1.29, 1.82) is 0 Å². The Kier molecular flexibility index (Phi) is 5.58. The largest absolute Gasteiger partial charge is 0.573 e. The molecule has 0 bridgehead atoms. The number of ether oxygens (including phenoxy) is 1. The van der Waals surface area contributed by atoms with E-state index >= 15 is 0 Å². The van der Waals surface area contributed by atoms with Gasteiger partial charge < -0.3 is 15.5 Å². The van der Waals surface area contributed by atoms with Crippen LogP contribution in [0.3, 0.4) is 0 Å². The highest BCUT2D eigenvalue weighted by molar-refractivity contribution is 9.10. The smallest absolute Gasteiger partial charge is 0.406 e. The molecular weight excluding hydrogens is 409 g/mol. The standard InChI is InChI=1S/C19H18BrF3N2O/c20-13-5-3-4-12(10-13)18-15(6-1-2-9-24)16-11-14(26-19(21,22)23)7-8-17(16)25-18/h3-5,7-8,10-11,25H,1-2,6,9,24H2. The summed E-state index contributed by atoms with van der Waals surface area (Å²) in [6, 6.07) is 12.2. The predicted molar refractivity (Wildman–Crippen MR) is 100 cm³/mol. The zero-order valence-corrected chi connectivity index (χ0v) is 15.5. The van der Waals surface area contributed by atoms with E-state index in [0.717, 1.165) is 45.0 Å². The first-order valence-corrected chi connectivity index (χ1v) is 9.03. The van der Waals surface area contributed by atoms with Crippen molar-refractivity contribution in [3.8, 4) is 17.0 Å². The van der Waals surface area contributed by atoms with Crippen LogP contribution in [0, 0.1) is 0 Å². The number of benzene rings is 2. The van der Waals surface area contributed by atoms with Crippen molar-refractivity contribution >= 4 is 26.8 Å². The summed E-state index contributed by atoms with van der Waals surface area (Å²) in [5.74, 6) is -0.218. The van der Waals surface area contributed by atoms with Gasteiger partial charge in [0, 0.05) is 21.1 Å². The zero-order chi connectivity index (χ0) is 18.7. The van der Waals surface area contributed by atoms with Crippen LogP contribution in [-0.2, 0) is 6.42 Å². The molecule has 0 saturated carbocycles. The number of nitrogens with one attached hydrogen (secondary N) is 1. The van der Waals surface area contributed by atoms with Gasteiger partial charge in [0.05, 0.1) is 0 Å². The first kappa shape index (κ1) is 18.8. The molecule has 1 heterocycles. The van der Waals surface area contributed by atoms with Crippen LogP contribution in [0.15, 0.2) is 46.9 Å². The molecule has 1 aromatic heterocycles. The highest BCUT2D eigenvalue weighted by atomic mass is 79.9. The van der Waals surface area contributed by atoms with Gasteiger partial charge in [0.15, 0.2) is 0 Å². The number of fused-ring (bicyclic) bond motifs is 1. The maximum atomic E-state index is 12.6. The number of nitrogens with two attached hydrogens (primary N) is 1. The van der Waals surface area contributed by atoms with Crippen LogP contribution in [0.25, 0.3) is 22.2 Å². The van der Waals surface area contributed by atoms with E-state index in [1.807, 2.05) is 24.3 Å². The number of aromatic amines is 1. The molecular formula is C19H18BrF3N2O. The summed E-state index contributed by atoms with van der Waals surface area (Å²) in [6.45, 7) is 0.580. The molecule has 26 heavy (non-hydrogen) atoms. The lowest BCUT2D eigenvalue weighted by Gasteiger charge is -2.09. The molecule has 0 aliphatic rings. The topological polar surface area (TPSA) is 51.0 Å². The number of rotatable bonds is 6. The van der Waals surface area contributed by atoms with Crippen LogP contribution in [-0.4, -0.2) is 17.9 Å². The fourth-order valence-electron chi connectivity index (χ4n) is 3.02. The Balaban J connectivity index is 2.09. The van der Waals surface area contributed by atoms with Crippen LogP contribution in [0.2, 0.25) is 0 Å². The molecule has 3 N–H and O–H groups in total. The van der Waals surface area contributed by atoms with Crippen LogP contribution in [0.5, 0.6) is 5.75 Å². The Morgan fingerprint density at radius 2 is 1.88 bits per heavy atom. The first-order valence-electron chi connectivity index (χ1n) is 8.24. The quantitative estimate of drug-likeness (QED) is 0.491. The van der Waals surface area contributed by atoms with Gasteiger partial charge in [0.2, 0.25) is 0 Å². The second kappa shape index (κ2) is 7.72. The lowest BCUT2D eigenvalue weighted by Crippen LogP contribution is -2.16. The Morgan fingerprint density at radius 3 is 2.58 bits per heavy atom. The van der Waals surface area contributed by atoms with Crippen LogP contribution in [0.4, 0.5) is 13.2 Å². The predicted octanol–water partition coefficient (Wildman–Crippen LogP) is 5.78. The van der Waals surface area contributed by atoms with E-state index in [1.54, 1.807) is 6.07 Å². The van der Waals surface area contributed by atoms with Gasteiger partial charge in [-0.1, -0.05) is 28.1 Å². The molecule has 0 aliphatic carbocycles. The molecule has 2 aromatic carbocycles.